The minimum atomic E-state index is -2.83. The summed E-state index contributed by atoms with van der Waals surface area (Å²) in [5.74, 6) is 0.326. The number of thiazole rings is 1. The smallest absolute Gasteiger partial charge is 0.387 e. The van der Waals surface area contributed by atoms with Crippen LogP contribution in [0.3, 0.4) is 0 Å². The van der Waals surface area contributed by atoms with E-state index in [1.165, 1.54) is 23.5 Å². The van der Waals surface area contributed by atoms with Gasteiger partial charge in [0.25, 0.3) is 0 Å². The highest BCUT2D eigenvalue weighted by Gasteiger charge is 2.12. The summed E-state index contributed by atoms with van der Waals surface area (Å²) in [6.07, 6.45) is 0. The van der Waals surface area contributed by atoms with Crippen molar-refractivity contribution >= 4 is 11.3 Å². The first-order valence-corrected chi connectivity index (χ1v) is 7.66. The summed E-state index contributed by atoms with van der Waals surface area (Å²) in [5.41, 5.74) is 2.56. The Kier molecular flexibility index (Phi) is 4.25. The van der Waals surface area contributed by atoms with Gasteiger partial charge in [-0.05, 0) is 55.5 Å². The Morgan fingerprint density at radius 1 is 1.00 bits per heavy atom. The summed E-state index contributed by atoms with van der Waals surface area (Å²) >= 11 is 1.54. The molecule has 0 aliphatic heterocycles. The number of phenols is 1. The van der Waals surface area contributed by atoms with Gasteiger partial charge in [-0.25, -0.2) is 4.98 Å². The van der Waals surface area contributed by atoms with Crippen LogP contribution in [-0.2, 0) is 0 Å². The second-order valence-corrected chi connectivity index (χ2v) is 6.08. The monoisotopic (exact) mass is 333 g/mol. The number of hydrogen-bond acceptors (Lipinski definition) is 4. The molecule has 0 amide bonds. The molecule has 0 spiro atoms. The van der Waals surface area contributed by atoms with E-state index in [0.717, 1.165) is 26.7 Å². The molecular weight excluding hydrogens is 320 g/mol. The molecule has 3 rings (SSSR count). The molecule has 0 saturated heterocycles. The summed E-state index contributed by atoms with van der Waals surface area (Å²) in [6.45, 7) is -0.872. The van der Waals surface area contributed by atoms with Gasteiger partial charge in [0, 0.05) is 16.0 Å². The minimum absolute atomic E-state index is 0.121. The molecule has 0 radical (unpaired) electrons. The highest BCUT2D eigenvalue weighted by molar-refractivity contribution is 7.15. The molecule has 118 valence electrons. The Labute approximate surface area is 135 Å². The number of benzene rings is 2. The second-order valence-electron chi connectivity index (χ2n) is 4.87. The van der Waals surface area contributed by atoms with Crippen molar-refractivity contribution in [3.8, 4) is 33.3 Å². The molecular formula is C17H13F2NO2S. The summed E-state index contributed by atoms with van der Waals surface area (Å²) in [5, 5.41) is 10.2. The summed E-state index contributed by atoms with van der Waals surface area (Å²) in [7, 11) is 0. The topological polar surface area (TPSA) is 42.4 Å². The van der Waals surface area contributed by atoms with E-state index >= 15 is 0 Å². The van der Waals surface area contributed by atoms with Crippen molar-refractivity contribution in [3.05, 3.63) is 53.4 Å². The SMILES string of the molecule is Cc1sc(-c2ccc(O)cc2)nc1-c1ccc(OC(F)F)cc1. The molecule has 0 atom stereocenters. The Morgan fingerprint density at radius 3 is 2.22 bits per heavy atom. The van der Waals surface area contributed by atoms with Crippen LogP contribution in [0.4, 0.5) is 8.78 Å². The molecule has 0 aliphatic carbocycles. The highest BCUT2D eigenvalue weighted by atomic mass is 32.1. The van der Waals surface area contributed by atoms with Crippen LogP contribution in [-0.4, -0.2) is 16.7 Å². The first kappa shape index (κ1) is 15.4. The molecule has 6 heteroatoms. The normalized spacial score (nSPS) is 11.0. The van der Waals surface area contributed by atoms with E-state index in [2.05, 4.69) is 9.72 Å². The van der Waals surface area contributed by atoms with Crippen LogP contribution in [0.2, 0.25) is 0 Å². The van der Waals surface area contributed by atoms with E-state index in [9.17, 15) is 13.9 Å². The molecule has 23 heavy (non-hydrogen) atoms. The van der Waals surface area contributed by atoms with Gasteiger partial charge in [0.05, 0.1) is 5.69 Å². The van der Waals surface area contributed by atoms with E-state index < -0.39 is 6.61 Å². The molecule has 1 heterocycles. The standard InChI is InChI=1S/C17H13F2NO2S/c1-10-15(11-4-8-14(9-5-11)22-17(18)19)20-16(23-10)12-2-6-13(21)7-3-12/h2-9,17,21H,1H3. The van der Waals surface area contributed by atoms with Gasteiger partial charge in [0.1, 0.15) is 16.5 Å². The van der Waals surface area contributed by atoms with Crippen molar-refractivity contribution in [1.82, 2.24) is 4.98 Å². The van der Waals surface area contributed by atoms with Crippen molar-refractivity contribution in [2.45, 2.75) is 13.5 Å². The molecule has 0 bridgehead atoms. The van der Waals surface area contributed by atoms with Gasteiger partial charge in [-0.1, -0.05) is 0 Å². The molecule has 0 aliphatic rings. The van der Waals surface area contributed by atoms with Crippen LogP contribution >= 0.6 is 11.3 Å². The third-order valence-corrected chi connectivity index (χ3v) is 4.28. The van der Waals surface area contributed by atoms with Crippen LogP contribution < -0.4 is 4.74 Å². The maximum Gasteiger partial charge on any atom is 0.387 e. The van der Waals surface area contributed by atoms with Crippen molar-refractivity contribution in [3.63, 3.8) is 0 Å². The number of ether oxygens (including phenoxy) is 1. The predicted molar refractivity (Wildman–Crippen MR) is 86.0 cm³/mol. The second kappa shape index (κ2) is 6.34. The number of hydrogen-bond donors (Lipinski definition) is 1. The molecule has 2 aromatic carbocycles. The molecule has 3 nitrogen and oxygen atoms in total. The molecule has 1 N–H and O–H groups in total. The quantitative estimate of drug-likeness (QED) is 0.723. The zero-order valence-corrected chi connectivity index (χ0v) is 13.0. The Bertz CT molecular complexity index is 798. The zero-order valence-electron chi connectivity index (χ0n) is 12.2. The van der Waals surface area contributed by atoms with E-state index in [1.54, 1.807) is 36.4 Å². The number of aryl methyl sites for hydroxylation is 1. The lowest BCUT2D eigenvalue weighted by Gasteiger charge is -2.05. The van der Waals surface area contributed by atoms with Crippen molar-refractivity contribution in [1.29, 1.82) is 0 Å². The van der Waals surface area contributed by atoms with Crippen LogP contribution in [0.25, 0.3) is 21.8 Å². The fourth-order valence-electron chi connectivity index (χ4n) is 2.19. The number of aromatic hydroxyl groups is 1. The van der Waals surface area contributed by atoms with E-state index in [-0.39, 0.29) is 11.5 Å². The fraction of sp³-hybridized carbons (Fsp3) is 0.118. The first-order valence-electron chi connectivity index (χ1n) is 6.85. The third-order valence-electron chi connectivity index (χ3n) is 3.26. The largest absolute Gasteiger partial charge is 0.508 e. The fourth-order valence-corrected chi connectivity index (χ4v) is 3.13. The molecule has 0 saturated carbocycles. The van der Waals surface area contributed by atoms with Crippen LogP contribution in [0.5, 0.6) is 11.5 Å². The lowest BCUT2D eigenvalue weighted by Crippen LogP contribution is -2.01. The number of phenolic OH excluding ortho intramolecular Hbond substituents is 1. The van der Waals surface area contributed by atoms with Gasteiger partial charge in [-0.3, -0.25) is 0 Å². The summed E-state index contributed by atoms with van der Waals surface area (Å²) in [4.78, 5) is 5.64. The highest BCUT2D eigenvalue weighted by Crippen LogP contribution is 2.34. The van der Waals surface area contributed by atoms with E-state index in [0.29, 0.717) is 0 Å². The number of halogens is 2. The zero-order chi connectivity index (χ0) is 16.4. The van der Waals surface area contributed by atoms with Crippen LogP contribution in [0.1, 0.15) is 4.88 Å². The third kappa shape index (κ3) is 3.48. The minimum Gasteiger partial charge on any atom is -0.508 e. The van der Waals surface area contributed by atoms with Gasteiger partial charge in [0.2, 0.25) is 0 Å². The maximum absolute atomic E-state index is 12.2. The van der Waals surface area contributed by atoms with E-state index in [1.807, 2.05) is 6.92 Å². The van der Waals surface area contributed by atoms with Gasteiger partial charge in [0.15, 0.2) is 0 Å². The van der Waals surface area contributed by atoms with E-state index in [4.69, 9.17) is 0 Å². The maximum atomic E-state index is 12.2. The Morgan fingerprint density at radius 2 is 1.61 bits per heavy atom. The number of aromatic nitrogens is 1. The average Bonchev–Trinajstić information content (AvgIpc) is 2.90. The lowest BCUT2D eigenvalue weighted by molar-refractivity contribution is -0.0498. The molecule has 1 aromatic heterocycles. The summed E-state index contributed by atoms with van der Waals surface area (Å²) < 4.78 is 28.7. The number of rotatable bonds is 4. The number of nitrogens with zero attached hydrogens (tertiary/aromatic N) is 1. The van der Waals surface area contributed by atoms with Crippen molar-refractivity contribution in [2.24, 2.45) is 0 Å². The van der Waals surface area contributed by atoms with Gasteiger partial charge >= 0.3 is 6.61 Å². The molecule has 3 aromatic rings. The van der Waals surface area contributed by atoms with Gasteiger partial charge in [-0.15, -0.1) is 11.3 Å². The average molecular weight is 333 g/mol. The Balaban J connectivity index is 1.90. The predicted octanol–water partition coefficient (Wildman–Crippen LogP) is 5.09. The molecule has 0 unspecified atom stereocenters. The van der Waals surface area contributed by atoms with Crippen LogP contribution in [0.15, 0.2) is 48.5 Å². The number of alkyl halides is 2. The van der Waals surface area contributed by atoms with Gasteiger partial charge < -0.3 is 9.84 Å². The lowest BCUT2D eigenvalue weighted by atomic mass is 10.1. The first-order chi connectivity index (χ1) is 11.0. The van der Waals surface area contributed by atoms with Crippen molar-refractivity contribution < 1.29 is 18.6 Å². The Hall–Kier alpha value is -2.47. The summed E-state index contributed by atoms with van der Waals surface area (Å²) in [6, 6.07) is 13.3. The molecule has 0 fully saturated rings. The van der Waals surface area contributed by atoms with Crippen LogP contribution in [0, 0.1) is 6.92 Å². The van der Waals surface area contributed by atoms with Crippen molar-refractivity contribution in [2.75, 3.05) is 0 Å². The van der Waals surface area contributed by atoms with Gasteiger partial charge in [-0.2, -0.15) is 8.78 Å².